The number of rotatable bonds is 4. The normalized spacial score (nSPS) is 15.4. The van der Waals surface area contributed by atoms with Gasteiger partial charge in [0.25, 0.3) is 0 Å². The van der Waals surface area contributed by atoms with Gasteiger partial charge in [0.2, 0.25) is 5.91 Å². The molecule has 2 atom stereocenters. The summed E-state index contributed by atoms with van der Waals surface area (Å²) < 4.78 is 0. The number of carbonyl (C=O) groups excluding carboxylic acids is 1. The Morgan fingerprint density at radius 3 is 2.42 bits per heavy atom. The standard InChI is InChI=1S/C8H18N2OS/c1-6(5-12-4)10(3)8(11)7(2)9/h6-7H,5,9H2,1-4H3/t6?,7-/m0/s1. The highest BCUT2D eigenvalue weighted by Crippen LogP contribution is 2.04. The Kier molecular flexibility index (Phi) is 5.33. The van der Waals surface area contributed by atoms with E-state index in [2.05, 4.69) is 0 Å². The van der Waals surface area contributed by atoms with Crippen molar-refractivity contribution in [3.8, 4) is 0 Å². The van der Waals surface area contributed by atoms with E-state index in [9.17, 15) is 4.79 Å². The number of hydrogen-bond acceptors (Lipinski definition) is 3. The highest BCUT2D eigenvalue weighted by atomic mass is 32.2. The minimum Gasteiger partial charge on any atom is -0.341 e. The molecule has 2 N–H and O–H groups in total. The molecule has 0 bridgehead atoms. The molecule has 0 saturated heterocycles. The zero-order valence-corrected chi connectivity index (χ0v) is 9.02. The maximum atomic E-state index is 11.4. The first-order valence-corrected chi connectivity index (χ1v) is 5.41. The molecule has 0 spiro atoms. The Morgan fingerprint density at radius 1 is 1.58 bits per heavy atom. The summed E-state index contributed by atoms with van der Waals surface area (Å²) in [5.74, 6) is 0.964. The predicted molar refractivity (Wildman–Crippen MR) is 54.3 cm³/mol. The number of carbonyl (C=O) groups is 1. The van der Waals surface area contributed by atoms with E-state index >= 15 is 0 Å². The molecule has 0 radical (unpaired) electrons. The molecule has 0 aromatic rings. The lowest BCUT2D eigenvalue weighted by atomic mass is 10.2. The van der Waals surface area contributed by atoms with Crippen LogP contribution in [-0.4, -0.2) is 41.9 Å². The second kappa shape index (κ2) is 5.43. The van der Waals surface area contributed by atoms with Gasteiger partial charge in [-0.3, -0.25) is 4.79 Å². The molecule has 1 amide bonds. The van der Waals surface area contributed by atoms with Gasteiger partial charge in [-0.15, -0.1) is 0 Å². The van der Waals surface area contributed by atoms with Gasteiger partial charge in [-0.05, 0) is 20.1 Å². The largest absolute Gasteiger partial charge is 0.341 e. The molecular weight excluding hydrogens is 172 g/mol. The van der Waals surface area contributed by atoms with Gasteiger partial charge in [0.05, 0.1) is 6.04 Å². The fourth-order valence-corrected chi connectivity index (χ4v) is 1.60. The van der Waals surface area contributed by atoms with Gasteiger partial charge in [-0.1, -0.05) is 0 Å². The van der Waals surface area contributed by atoms with E-state index in [0.29, 0.717) is 0 Å². The summed E-state index contributed by atoms with van der Waals surface area (Å²) in [7, 11) is 1.80. The van der Waals surface area contributed by atoms with Crippen LogP contribution in [0.2, 0.25) is 0 Å². The van der Waals surface area contributed by atoms with E-state index in [0.717, 1.165) is 5.75 Å². The Balaban J connectivity index is 4.00. The topological polar surface area (TPSA) is 46.3 Å². The van der Waals surface area contributed by atoms with E-state index in [1.54, 1.807) is 30.6 Å². The Hall–Kier alpha value is -0.220. The molecule has 0 heterocycles. The Morgan fingerprint density at radius 2 is 2.08 bits per heavy atom. The van der Waals surface area contributed by atoms with E-state index in [1.165, 1.54) is 0 Å². The molecule has 0 aromatic carbocycles. The van der Waals surface area contributed by atoms with Crippen molar-refractivity contribution < 1.29 is 4.79 Å². The lowest BCUT2D eigenvalue weighted by Gasteiger charge is -2.25. The quantitative estimate of drug-likeness (QED) is 0.704. The molecule has 12 heavy (non-hydrogen) atoms. The second-order valence-corrected chi connectivity index (χ2v) is 3.95. The maximum Gasteiger partial charge on any atom is 0.239 e. The molecule has 0 aromatic heterocycles. The van der Waals surface area contributed by atoms with Crippen molar-refractivity contribution >= 4 is 17.7 Å². The van der Waals surface area contributed by atoms with Crippen LogP contribution in [0.1, 0.15) is 13.8 Å². The van der Waals surface area contributed by atoms with Gasteiger partial charge < -0.3 is 10.6 Å². The lowest BCUT2D eigenvalue weighted by Crippen LogP contribution is -2.44. The SMILES string of the molecule is CSCC(C)N(C)C(=O)[C@H](C)N. The molecule has 0 aliphatic carbocycles. The Labute approximate surface area is 78.7 Å². The molecule has 1 unspecified atom stereocenters. The molecule has 0 rings (SSSR count). The Bertz CT molecular complexity index is 150. The fourth-order valence-electron chi connectivity index (χ4n) is 0.891. The zero-order valence-electron chi connectivity index (χ0n) is 8.20. The van der Waals surface area contributed by atoms with E-state index in [4.69, 9.17) is 5.73 Å². The van der Waals surface area contributed by atoms with Crippen molar-refractivity contribution in [2.45, 2.75) is 25.9 Å². The smallest absolute Gasteiger partial charge is 0.239 e. The molecule has 0 aliphatic heterocycles. The molecule has 0 saturated carbocycles. The summed E-state index contributed by atoms with van der Waals surface area (Å²) in [6, 6.07) is -0.127. The molecule has 3 nitrogen and oxygen atoms in total. The summed E-state index contributed by atoms with van der Waals surface area (Å²) in [5, 5.41) is 0. The van der Waals surface area contributed by atoms with Crippen molar-refractivity contribution in [1.29, 1.82) is 0 Å². The van der Waals surface area contributed by atoms with Gasteiger partial charge in [0.1, 0.15) is 0 Å². The molecule has 4 heteroatoms. The first-order chi connectivity index (χ1) is 5.50. The van der Waals surface area contributed by atoms with Gasteiger partial charge in [0.15, 0.2) is 0 Å². The summed E-state index contributed by atoms with van der Waals surface area (Å²) >= 11 is 1.73. The van der Waals surface area contributed by atoms with E-state index < -0.39 is 0 Å². The van der Waals surface area contributed by atoms with E-state index in [-0.39, 0.29) is 18.0 Å². The summed E-state index contributed by atoms with van der Waals surface area (Å²) in [6.07, 6.45) is 2.03. The number of amides is 1. The number of nitrogens with zero attached hydrogens (tertiary/aromatic N) is 1. The third-order valence-corrected chi connectivity index (χ3v) is 2.62. The summed E-state index contributed by atoms with van der Waals surface area (Å²) in [4.78, 5) is 13.1. The average molecular weight is 190 g/mol. The highest BCUT2D eigenvalue weighted by molar-refractivity contribution is 7.98. The van der Waals surface area contributed by atoms with Crippen LogP contribution in [0.3, 0.4) is 0 Å². The van der Waals surface area contributed by atoms with Crippen molar-refractivity contribution in [1.82, 2.24) is 4.90 Å². The van der Waals surface area contributed by atoms with Crippen LogP contribution in [0.25, 0.3) is 0 Å². The lowest BCUT2D eigenvalue weighted by molar-refractivity contribution is -0.132. The third kappa shape index (κ3) is 3.45. The van der Waals surface area contributed by atoms with Gasteiger partial charge in [-0.25, -0.2) is 0 Å². The van der Waals surface area contributed by atoms with Crippen LogP contribution in [0.4, 0.5) is 0 Å². The minimum atomic E-state index is -0.390. The van der Waals surface area contributed by atoms with Crippen molar-refractivity contribution in [3.63, 3.8) is 0 Å². The van der Waals surface area contributed by atoms with Gasteiger partial charge in [0, 0.05) is 18.8 Å². The number of nitrogens with two attached hydrogens (primary N) is 1. The number of thioether (sulfide) groups is 1. The van der Waals surface area contributed by atoms with Crippen molar-refractivity contribution in [2.24, 2.45) is 5.73 Å². The summed E-state index contributed by atoms with van der Waals surface area (Å²) in [6.45, 7) is 3.74. The number of hydrogen-bond donors (Lipinski definition) is 1. The zero-order chi connectivity index (χ0) is 9.72. The molecular formula is C8H18N2OS. The highest BCUT2D eigenvalue weighted by Gasteiger charge is 2.17. The predicted octanol–water partition coefficient (Wildman–Crippen LogP) is 0.543. The number of likely N-dealkylation sites (N-methyl/N-ethyl adjacent to an activating group) is 1. The fraction of sp³-hybridized carbons (Fsp3) is 0.875. The maximum absolute atomic E-state index is 11.4. The minimum absolute atomic E-state index is 0.0107. The van der Waals surface area contributed by atoms with Crippen LogP contribution in [0.5, 0.6) is 0 Å². The third-order valence-electron chi connectivity index (χ3n) is 1.81. The van der Waals surface area contributed by atoms with Gasteiger partial charge in [-0.2, -0.15) is 11.8 Å². The first-order valence-electron chi connectivity index (χ1n) is 4.02. The van der Waals surface area contributed by atoms with E-state index in [1.807, 2.05) is 13.2 Å². The molecule has 0 aliphatic rings. The van der Waals surface area contributed by atoms with Crippen molar-refractivity contribution in [2.75, 3.05) is 19.1 Å². The van der Waals surface area contributed by atoms with Crippen LogP contribution < -0.4 is 5.73 Å². The first kappa shape index (κ1) is 11.8. The van der Waals surface area contributed by atoms with Crippen molar-refractivity contribution in [3.05, 3.63) is 0 Å². The van der Waals surface area contributed by atoms with Crippen LogP contribution >= 0.6 is 11.8 Å². The second-order valence-electron chi connectivity index (χ2n) is 3.04. The molecule has 0 fully saturated rings. The van der Waals surface area contributed by atoms with Crippen LogP contribution in [0.15, 0.2) is 0 Å². The summed E-state index contributed by atoms with van der Waals surface area (Å²) in [5.41, 5.74) is 5.47. The van der Waals surface area contributed by atoms with Crippen LogP contribution in [-0.2, 0) is 4.79 Å². The molecule has 72 valence electrons. The van der Waals surface area contributed by atoms with Crippen LogP contribution in [0, 0.1) is 0 Å². The van der Waals surface area contributed by atoms with Gasteiger partial charge >= 0.3 is 0 Å². The monoisotopic (exact) mass is 190 g/mol. The average Bonchev–Trinajstić information content (AvgIpc) is 2.02.